The number of pyridine rings is 1. The molecule has 4 heteroatoms. The molecule has 0 saturated heterocycles. The van der Waals surface area contributed by atoms with Crippen molar-refractivity contribution < 1.29 is 4.74 Å². The Morgan fingerprint density at radius 3 is 2.67 bits per heavy atom. The Balaban J connectivity index is 2.49. The van der Waals surface area contributed by atoms with E-state index in [1.54, 1.807) is 12.4 Å². The van der Waals surface area contributed by atoms with Crippen molar-refractivity contribution in [1.29, 1.82) is 0 Å². The summed E-state index contributed by atoms with van der Waals surface area (Å²) in [4.78, 5) is 4.05. The fraction of sp³-hybridized carbons (Fsp3) is 0.545. The lowest BCUT2D eigenvalue weighted by Gasteiger charge is -2.18. The molecular weight excluding hydrogens is 322 g/mol. The van der Waals surface area contributed by atoms with Crippen LogP contribution in [-0.2, 0) is 0 Å². The normalized spacial score (nSPS) is 12.9. The molecule has 0 amide bonds. The fourth-order valence-electron chi connectivity index (χ4n) is 1.09. The molecule has 0 N–H and O–H groups in total. The first-order valence-electron chi connectivity index (χ1n) is 4.92. The molecular formula is C11H15Br2NO. The van der Waals surface area contributed by atoms with Crippen LogP contribution in [0.4, 0.5) is 0 Å². The Morgan fingerprint density at radius 1 is 1.40 bits per heavy atom. The second-order valence-electron chi connectivity index (χ2n) is 3.81. The summed E-state index contributed by atoms with van der Waals surface area (Å²) in [6.45, 7) is 5.13. The first-order chi connectivity index (χ1) is 7.13. The van der Waals surface area contributed by atoms with Crippen LogP contribution in [0.1, 0.15) is 13.8 Å². The van der Waals surface area contributed by atoms with Gasteiger partial charge in [-0.1, -0.05) is 29.8 Å². The smallest absolute Gasteiger partial charge is 0.138 e. The summed E-state index contributed by atoms with van der Waals surface area (Å²) in [5.74, 6) is 1.96. The third-order valence-corrected chi connectivity index (χ3v) is 3.55. The van der Waals surface area contributed by atoms with E-state index in [1.807, 2.05) is 6.07 Å². The molecule has 1 atom stereocenters. The summed E-state index contributed by atoms with van der Waals surface area (Å²) in [5.41, 5.74) is 0. The number of nitrogens with zero attached hydrogens (tertiary/aromatic N) is 1. The van der Waals surface area contributed by atoms with E-state index in [9.17, 15) is 0 Å². The highest BCUT2D eigenvalue weighted by atomic mass is 79.9. The van der Waals surface area contributed by atoms with Crippen molar-refractivity contribution in [3.05, 3.63) is 22.9 Å². The van der Waals surface area contributed by atoms with Crippen LogP contribution in [0, 0.1) is 11.8 Å². The van der Waals surface area contributed by atoms with Crippen LogP contribution in [0.2, 0.25) is 0 Å². The molecule has 1 unspecified atom stereocenters. The summed E-state index contributed by atoms with van der Waals surface area (Å²) < 4.78 is 6.62. The van der Waals surface area contributed by atoms with Crippen molar-refractivity contribution in [2.24, 2.45) is 11.8 Å². The van der Waals surface area contributed by atoms with Crippen molar-refractivity contribution in [2.75, 3.05) is 11.9 Å². The molecule has 1 heterocycles. The fourth-order valence-corrected chi connectivity index (χ4v) is 2.37. The standard InChI is InChI=1S/C11H15Br2NO/c1-8(2)9(4-12)7-15-11-3-10(13)5-14-6-11/h3,5-6,8-9H,4,7H2,1-2H3. The number of halogens is 2. The second-order valence-corrected chi connectivity index (χ2v) is 5.37. The predicted octanol–water partition coefficient (Wildman–Crippen LogP) is 3.89. The highest BCUT2D eigenvalue weighted by Gasteiger charge is 2.12. The summed E-state index contributed by atoms with van der Waals surface area (Å²) in [6.07, 6.45) is 3.48. The van der Waals surface area contributed by atoms with Crippen LogP contribution in [0.25, 0.3) is 0 Å². The number of hydrogen-bond donors (Lipinski definition) is 0. The Bertz CT molecular complexity index is 304. The van der Waals surface area contributed by atoms with Gasteiger partial charge < -0.3 is 4.74 Å². The minimum atomic E-state index is 0.531. The van der Waals surface area contributed by atoms with Crippen LogP contribution in [0.3, 0.4) is 0 Å². The Kier molecular flexibility index (Phi) is 5.61. The van der Waals surface area contributed by atoms with Crippen molar-refractivity contribution in [2.45, 2.75) is 13.8 Å². The maximum atomic E-state index is 5.68. The molecule has 1 aromatic heterocycles. The third kappa shape index (κ3) is 4.51. The largest absolute Gasteiger partial charge is 0.492 e. The Labute approximate surface area is 108 Å². The van der Waals surface area contributed by atoms with E-state index in [0.717, 1.165) is 22.2 Å². The predicted molar refractivity (Wildman–Crippen MR) is 69.6 cm³/mol. The minimum Gasteiger partial charge on any atom is -0.492 e. The van der Waals surface area contributed by atoms with Gasteiger partial charge in [0.05, 0.1) is 12.8 Å². The molecule has 0 aliphatic rings. The molecule has 0 bridgehead atoms. The van der Waals surface area contributed by atoms with Crippen molar-refractivity contribution >= 4 is 31.9 Å². The molecule has 0 aliphatic heterocycles. The van der Waals surface area contributed by atoms with Gasteiger partial charge >= 0.3 is 0 Å². The maximum Gasteiger partial charge on any atom is 0.138 e. The van der Waals surface area contributed by atoms with E-state index in [1.165, 1.54) is 0 Å². The first kappa shape index (κ1) is 13.0. The van der Waals surface area contributed by atoms with E-state index in [4.69, 9.17) is 4.74 Å². The molecule has 84 valence electrons. The highest BCUT2D eigenvalue weighted by molar-refractivity contribution is 9.10. The van der Waals surface area contributed by atoms with Crippen molar-refractivity contribution in [3.8, 4) is 5.75 Å². The van der Waals surface area contributed by atoms with Gasteiger partial charge in [0.1, 0.15) is 5.75 Å². The lowest BCUT2D eigenvalue weighted by molar-refractivity contribution is 0.227. The monoisotopic (exact) mass is 335 g/mol. The topological polar surface area (TPSA) is 22.1 Å². The van der Waals surface area contributed by atoms with Crippen LogP contribution in [0.15, 0.2) is 22.9 Å². The third-order valence-electron chi connectivity index (χ3n) is 2.28. The average molecular weight is 337 g/mol. The van der Waals surface area contributed by atoms with E-state index in [0.29, 0.717) is 11.8 Å². The molecule has 1 aromatic rings. The van der Waals surface area contributed by atoms with Gasteiger partial charge in [0.2, 0.25) is 0 Å². The molecule has 15 heavy (non-hydrogen) atoms. The molecule has 0 spiro atoms. The van der Waals surface area contributed by atoms with Gasteiger partial charge in [0.25, 0.3) is 0 Å². The molecule has 0 fully saturated rings. The van der Waals surface area contributed by atoms with Crippen LogP contribution in [-0.4, -0.2) is 16.9 Å². The number of aromatic nitrogens is 1. The van der Waals surface area contributed by atoms with Crippen molar-refractivity contribution in [3.63, 3.8) is 0 Å². The first-order valence-corrected chi connectivity index (χ1v) is 6.84. The quantitative estimate of drug-likeness (QED) is 0.761. The van der Waals surface area contributed by atoms with Crippen molar-refractivity contribution in [1.82, 2.24) is 4.98 Å². The van der Waals surface area contributed by atoms with E-state index < -0.39 is 0 Å². The van der Waals surface area contributed by atoms with E-state index in [-0.39, 0.29) is 0 Å². The molecule has 1 rings (SSSR count). The van der Waals surface area contributed by atoms with E-state index in [2.05, 4.69) is 50.7 Å². The molecule has 0 saturated carbocycles. The van der Waals surface area contributed by atoms with Crippen LogP contribution < -0.4 is 4.74 Å². The van der Waals surface area contributed by atoms with Crippen LogP contribution >= 0.6 is 31.9 Å². The van der Waals surface area contributed by atoms with Crippen LogP contribution in [0.5, 0.6) is 5.75 Å². The van der Waals surface area contributed by atoms with Gasteiger partial charge in [-0.25, -0.2) is 0 Å². The lowest BCUT2D eigenvalue weighted by atomic mass is 9.99. The number of ether oxygens (including phenoxy) is 1. The maximum absolute atomic E-state index is 5.68. The highest BCUT2D eigenvalue weighted by Crippen LogP contribution is 2.19. The number of alkyl halides is 1. The average Bonchev–Trinajstić information content (AvgIpc) is 2.18. The molecule has 0 aromatic carbocycles. The summed E-state index contributed by atoms with van der Waals surface area (Å²) in [7, 11) is 0. The van der Waals surface area contributed by atoms with Gasteiger partial charge in [0, 0.05) is 21.9 Å². The summed E-state index contributed by atoms with van der Waals surface area (Å²) in [5, 5.41) is 0.964. The van der Waals surface area contributed by atoms with Gasteiger partial charge in [-0.3, -0.25) is 4.98 Å². The number of rotatable bonds is 5. The summed E-state index contributed by atoms with van der Waals surface area (Å²) in [6, 6.07) is 1.93. The summed E-state index contributed by atoms with van der Waals surface area (Å²) >= 11 is 6.86. The molecule has 2 nitrogen and oxygen atoms in total. The Morgan fingerprint density at radius 2 is 2.13 bits per heavy atom. The number of hydrogen-bond acceptors (Lipinski definition) is 2. The Hall–Kier alpha value is -0.0900. The zero-order chi connectivity index (χ0) is 11.3. The zero-order valence-corrected chi connectivity index (χ0v) is 12.1. The zero-order valence-electron chi connectivity index (χ0n) is 8.91. The van der Waals surface area contributed by atoms with Gasteiger partial charge in [0.15, 0.2) is 0 Å². The van der Waals surface area contributed by atoms with Gasteiger partial charge in [-0.05, 0) is 27.9 Å². The van der Waals surface area contributed by atoms with Gasteiger partial charge in [-0.2, -0.15) is 0 Å². The second kappa shape index (κ2) is 6.48. The van der Waals surface area contributed by atoms with Gasteiger partial charge in [-0.15, -0.1) is 0 Å². The minimum absolute atomic E-state index is 0.531. The van der Waals surface area contributed by atoms with E-state index >= 15 is 0 Å². The lowest BCUT2D eigenvalue weighted by Crippen LogP contribution is -2.19. The molecule has 0 aliphatic carbocycles. The SMILES string of the molecule is CC(C)C(CBr)COc1cncc(Br)c1. The molecule has 0 radical (unpaired) electrons.